The van der Waals surface area contributed by atoms with Crippen molar-refractivity contribution in [3.63, 3.8) is 0 Å². The van der Waals surface area contributed by atoms with Gasteiger partial charge in [0.25, 0.3) is 0 Å². The standard InChI is InChI=1S/C16H24N2O3/c1-9(2)12(5)18(6)16(21)17-13-7-10(3)11(4)14(8-13)15(19)20/h7-9,12H,1-6H3,(H,17,21)(H,19,20). The van der Waals surface area contributed by atoms with Gasteiger partial charge in [-0.3, -0.25) is 0 Å². The summed E-state index contributed by atoms with van der Waals surface area (Å²) in [6, 6.07) is 3.13. The molecule has 5 nitrogen and oxygen atoms in total. The molecule has 0 aliphatic heterocycles. The lowest BCUT2D eigenvalue weighted by Crippen LogP contribution is -2.40. The Balaban J connectivity index is 2.98. The number of anilines is 1. The predicted molar refractivity (Wildman–Crippen MR) is 84.0 cm³/mol. The first-order chi connectivity index (χ1) is 9.65. The summed E-state index contributed by atoms with van der Waals surface area (Å²) < 4.78 is 0. The van der Waals surface area contributed by atoms with Crippen molar-refractivity contribution in [2.24, 2.45) is 5.92 Å². The molecule has 0 aliphatic rings. The molecule has 1 atom stereocenters. The summed E-state index contributed by atoms with van der Waals surface area (Å²) in [5.74, 6) is -0.648. The summed E-state index contributed by atoms with van der Waals surface area (Å²) in [5, 5.41) is 12.0. The minimum absolute atomic E-state index is 0.0930. The van der Waals surface area contributed by atoms with E-state index in [0.29, 0.717) is 17.2 Å². The molecule has 21 heavy (non-hydrogen) atoms. The van der Waals surface area contributed by atoms with Crippen LogP contribution in [0.25, 0.3) is 0 Å². The van der Waals surface area contributed by atoms with Gasteiger partial charge in [-0.2, -0.15) is 0 Å². The number of nitrogens with one attached hydrogen (secondary N) is 1. The zero-order chi connectivity index (χ0) is 16.3. The molecule has 1 aromatic rings. The van der Waals surface area contributed by atoms with Crippen LogP contribution in [0.4, 0.5) is 10.5 Å². The second kappa shape index (κ2) is 6.61. The normalized spacial score (nSPS) is 12.1. The van der Waals surface area contributed by atoms with E-state index < -0.39 is 5.97 Å². The third-order valence-corrected chi connectivity index (χ3v) is 4.05. The molecule has 0 radical (unpaired) electrons. The maximum Gasteiger partial charge on any atom is 0.336 e. The van der Waals surface area contributed by atoms with E-state index in [1.165, 1.54) is 6.07 Å². The fourth-order valence-electron chi connectivity index (χ4n) is 2.00. The summed E-state index contributed by atoms with van der Waals surface area (Å²) in [4.78, 5) is 25.0. The molecule has 116 valence electrons. The number of hydrogen-bond acceptors (Lipinski definition) is 2. The first-order valence-corrected chi connectivity index (χ1v) is 7.03. The van der Waals surface area contributed by atoms with E-state index in [4.69, 9.17) is 0 Å². The number of urea groups is 1. The van der Waals surface area contributed by atoms with Crippen LogP contribution < -0.4 is 5.32 Å². The number of carbonyl (C=O) groups excluding carboxylic acids is 1. The van der Waals surface area contributed by atoms with Crippen LogP contribution >= 0.6 is 0 Å². The van der Waals surface area contributed by atoms with Crippen molar-refractivity contribution < 1.29 is 14.7 Å². The molecule has 0 bridgehead atoms. The first-order valence-electron chi connectivity index (χ1n) is 7.03. The zero-order valence-electron chi connectivity index (χ0n) is 13.5. The number of aromatic carboxylic acids is 1. The molecule has 0 aromatic heterocycles. The molecular weight excluding hydrogens is 268 g/mol. The van der Waals surface area contributed by atoms with Gasteiger partial charge in [0.1, 0.15) is 0 Å². The Morgan fingerprint density at radius 3 is 2.24 bits per heavy atom. The van der Waals surface area contributed by atoms with E-state index in [1.807, 2.05) is 27.7 Å². The van der Waals surface area contributed by atoms with E-state index in [9.17, 15) is 14.7 Å². The van der Waals surface area contributed by atoms with Crippen LogP contribution in [0.2, 0.25) is 0 Å². The van der Waals surface area contributed by atoms with Gasteiger partial charge >= 0.3 is 12.0 Å². The second-order valence-corrected chi connectivity index (χ2v) is 5.80. The van der Waals surface area contributed by atoms with Crippen molar-refractivity contribution in [2.75, 3.05) is 12.4 Å². The lowest BCUT2D eigenvalue weighted by atomic mass is 10.0. The highest BCUT2D eigenvalue weighted by Crippen LogP contribution is 2.21. The Kier molecular flexibility index (Phi) is 5.35. The van der Waals surface area contributed by atoms with E-state index in [1.54, 1.807) is 24.9 Å². The van der Waals surface area contributed by atoms with Crippen LogP contribution in [0.5, 0.6) is 0 Å². The van der Waals surface area contributed by atoms with Crippen LogP contribution in [-0.2, 0) is 0 Å². The van der Waals surface area contributed by atoms with Gasteiger partial charge in [0.05, 0.1) is 5.56 Å². The molecule has 1 unspecified atom stereocenters. The van der Waals surface area contributed by atoms with Crippen molar-refractivity contribution in [1.82, 2.24) is 4.90 Å². The highest BCUT2D eigenvalue weighted by atomic mass is 16.4. The Bertz CT molecular complexity index is 553. The largest absolute Gasteiger partial charge is 0.478 e. The SMILES string of the molecule is Cc1cc(NC(=O)N(C)C(C)C(C)C)cc(C(=O)O)c1C. The highest BCUT2D eigenvalue weighted by Gasteiger charge is 2.19. The van der Waals surface area contributed by atoms with E-state index >= 15 is 0 Å². The van der Waals surface area contributed by atoms with Crippen LogP contribution in [0.3, 0.4) is 0 Å². The lowest BCUT2D eigenvalue weighted by molar-refractivity contribution is 0.0696. The third kappa shape index (κ3) is 3.97. The topological polar surface area (TPSA) is 69.6 Å². The van der Waals surface area contributed by atoms with Gasteiger partial charge in [-0.25, -0.2) is 9.59 Å². The van der Waals surface area contributed by atoms with Crippen LogP contribution in [0.1, 0.15) is 42.3 Å². The first kappa shape index (κ1) is 17.0. The Labute approximate surface area is 126 Å². The summed E-state index contributed by atoms with van der Waals surface area (Å²) in [7, 11) is 1.74. The molecule has 0 heterocycles. The molecule has 0 fully saturated rings. The van der Waals surface area contributed by atoms with E-state index in [-0.39, 0.29) is 17.6 Å². The molecule has 0 aliphatic carbocycles. The number of nitrogens with zero attached hydrogens (tertiary/aromatic N) is 1. The quantitative estimate of drug-likeness (QED) is 0.892. The number of hydrogen-bond donors (Lipinski definition) is 2. The van der Waals surface area contributed by atoms with Crippen molar-refractivity contribution in [3.05, 3.63) is 28.8 Å². The van der Waals surface area contributed by atoms with E-state index in [0.717, 1.165) is 5.56 Å². The highest BCUT2D eigenvalue weighted by molar-refractivity contribution is 5.94. The molecule has 0 saturated carbocycles. The van der Waals surface area contributed by atoms with Crippen molar-refractivity contribution in [3.8, 4) is 0 Å². The molecular formula is C16H24N2O3. The summed E-state index contributed by atoms with van der Waals surface area (Å²) >= 11 is 0. The molecule has 1 aromatic carbocycles. The van der Waals surface area contributed by atoms with Gasteiger partial charge in [0.2, 0.25) is 0 Å². The molecule has 2 N–H and O–H groups in total. The van der Waals surface area contributed by atoms with E-state index in [2.05, 4.69) is 5.32 Å². The van der Waals surface area contributed by atoms with Crippen molar-refractivity contribution in [2.45, 2.75) is 40.7 Å². The molecule has 0 saturated heterocycles. The molecule has 5 heteroatoms. The van der Waals surface area contributed by atoms with Crippen molar-refractivity contribution >= 4 is 17.7 Å². The number of amides is 2. The van der Waals surface area contributed by atoms with Gasteiger partial charge < -0.3 is 15.3 Å². The number of carboxylic acids is 1. The number of aryl methyl sites for hydroxylation is 1. The second-order valence-electron chi connectivity index (χ2n) is 5.80. The van der Waals surface area contributed by atoms with Gasteiger partial charge in [0.15, 0.2) is 0 Å². The number of carboxylic acid groups (broad SMARTS) is 1. The monoisotopic (exact) mass is 292 g/mol. The lowest BCUT2D eigenvalue weighted by Gasteiger charge is -2.28. The van der Waals surface area contributed by atoms with Gasteiger partial charge in [-0.15, -0.1) is 0 Å². The summed E-state index contributed by atoms with van der Waals surface area (Å²) in [6.45, 7) is 9.67. The van der Waals surface area contributed by atoms with Crippen LogP contribution in [0, 0.1) is 19.8 Å². The average Bonchev–Trinajstić information content (AvgIpc) is 2.40. The minimum Gasteiger partial charge on any atom is -0.478 e. The molecule has 2 amide bonds. The predicted octanol–water partition coefficient (Wildman–Crippen LogP) is 3.51. The Hall–Kier alpha value is -2.04. The fourth-order valence-corrected chi connectivity index (χ4v) is 2.00. The number of benzene rings is 1. The maximum absolute atomic E-state index is 12.2. The summed E-state index contributed by atoms with van der Waals surface area (Å²) in [6.07, 6.45) is 0. The molecule has 1 rings (SSSR count). The van der Waals surface area contributed by atoms with Gasteiger partial charge in [-0.05, 0) is 49.9 Å². The van der Waals surface area contributed by atoms with Crippen LogP contribution in [-0.4, -0.2) is 35.1 Å². The smallest absolute Gasteiger partial charge is 0.336 e. The average molecular weight is 292 g/mol. The van der Waals surface area contributed by atoms with Crippen molar-refractivity contribution in [1.29, 1.82) is 0 Å². The van der Waals surface area contributed by atoms with Gasteiger partial charge in [0, 0.05) is 18.8 Å². The minimum atomic E-state index is -0.990. The Morgan fingerprint density at radius 1 is 1.19 bits per heavy atom. The van der Waals surface area contributed by atoms with Gasteiger partial charge in [-0.1, -0.05) is 13.8 Å². The molecule has 0 spiro atoms. The maximum atomic E-state index is 12.2. The number of carbonyl (C=O) groups is 2. The zero-order valence-corrected chi connectivity index (χ0v) is 13.5. The number of rotatable bonds is 4. The fraction of sp³-hybridized carbons (Fsp3) is 0.500. The summed E-state index contributed by atoms with van der Waals surface area (Å²) in [5.41, 5.74) is 2.27. The third-order valence-electron chi connectivity index (χ3n) is 4.05. The van der Waals surface area contributed by atoms with Crippen LogP contribution in [0.15, 0.2) is 12.1 Å². The Morgan fingerprint density at radius 2 is 1.76 bits per heavy atom.